The quantitative estimate of drug-likeness (QED) is 0.759. The van der Waals surface area contributed by atoms with Gasteiger partial charge in [0.15, 0.2) is 6.23 Å². The molecule has 1 fully saturated rings. The summed E-state index contributed by atoms with van der Waals surface area (Å²) in [5, 5.41) is 0. The lowest BCUT2D eigenvalue weighted by Gasteiger charge is -2.22. The Morgan fingerprint density at radius 1 is 1.25 bits per heavy atom. The minimum atomic E-state index is 0.269. The summed E-state index contributed by atoms with van der Waals surface area (Å²) in [5.74, 6) is 0.574. The van der Waals surface area contributed by atoms with Crippen LogP contribution in [-0.2, 0) is 4.74 Å². The van der Waals surface area contributed by atoms with Gasteiger partial charge in [-0.25, -0.2) is 0 Å². The van der Waals surface area contributed by atoms with Crippen molar-refractivity contribution < 1.29 is 14.5 Å². The largest absolute Gasteiger partial charge is 0.340 e. The second-order valence-electron chi connectivity index (χ2n) is 6.62. The molecule has 1 saturated heterocycles. The van der Waals surface area contributed by atoms with Gasteiger partial charge >= 0.3 is 0 Å². The van der Waals surface area contributed by atoms with Crippen molar-refractivity contribution in [2.75, 3.05) is 33.7 Å². The maximum absolute atomic E-state index is 6.34. The number of rotatable bonds is 6. The maximum Gasteiger partial charge on any atom is 0.195 e. The molecular weight excluding hydrogens is 248 g/mol. The summed E-state index contributed by atoms with van der Waals surface area (Å²) in [6, 6.07) is 10.7. The molecule has 1 aliphatic heterocycles. The number of hydrogen-bond donors (Lipinski definition) is 2. The summed E-state index contributed by atoms with van der Waals surface area (Å²) in [7, 11) is 4.45. The molecular formula is C17H30N2O+2. The number of nitrogens with one attached hydrogen (secondary N) is 2. The molecule has 0 aliphatic carbocycles. The smallest absolute Gasteiger partial charge is 0.195 e. The van der Waals surface area contributed by atoms with Gasteiger partial charge in [-0.1, -0.05) is 44.2 Å². The zero-order valence-electron chi connectivity index (χ0n) is 13.4. The fraction of sp³-hybridized carbons (Fsp3) is 0.647. The highest BCUT2D eigenvalue weighted by atomic mass is 16.5. The molecule has 0 amide bonds. The lowest BCUT2D eigenvalue weighted by molar-refractivity contribution is -0.933. The van der Waals surface area contributed by atoms with Crippen LogP contribution in [0.2, 0.25) is 0 Å². The topological polar surface area (TPSA) is 18.1 Å². The average Bonchev–Trinajstić information content (AvgIpc) is 2.84. The van der Waals surface area contributed by atoms with Crippen LogP contribution in [0.5, 0.6) is 0 Å². The Bertz CT molecular complexity index is 391. The van der Waals surface area contributed by atoms with E-state index in [9.17, 15) is 0 Å². The van der Waals surface area contributed by atoms with E-state index in [4.69, 9.17) is 4.74 Å². The van der Waals surface area contributed by atoms with Gasteiger partial charge in [-0.05, 0) is 5.56 Å². The number of quaternary nitrogens is 2. The second-order valence-corrected chi connectivity index (χ2v) is 6.62. The minimum Gasteiger partial charge on any atom is -0.340 e. The predicted octanol–water partition coefficient (Wildman–Crippen LogP) is 0.160. The van der Waals surface area contributed by atoms with Crippen molar-refractivity contribution in [3.8, 4) is 0 Å². The third-order valence-corrected chi connectivity index (χ3v) is 4.11. The molecule has 20 heavy (non-hydrogen) atoms. The van der Waals surface area contributed by atoms with Crippen molar-refractivity contribution in [2.24, 2.45) is 5.92 Å². The van der Waals surface area contributed by atoms with Crippen molar-refractivity contribution in [1.29, 1.82) is 0 Å². The van der Waals surface area contributed by atoms with Crippen LogP contribution in [-0.4, -0.2) is 40.0 Å². The monoisotopic (exact) mass is 278 g/mol. The fourth-order valence-corrected chi connectivity index (χ4v) is 3.08. The van der Waals surface area contributed by atoms with E-state index in [1.54, 1.807) is 4.90 Å². The fourth-order valence-electron chi connectivity index (χ4n) is 3.08. The highest BCUT2D eigenvalue weighted by Gasteiger charge is 2.38. The van der Waals surface area contributed by atoms with E-state index in [-0.39, 0.29) is 6.10 Å². The third-order valence-electron chi connectivity index (χ3n) is 4.11. The van der Waals surface area contributed by atoms with E-state index in [0.717, 1.165) is 6.54 Å². The molecule has 0 saturated carbocycles. The van der Waals surface area contributed by atoms with Crippen LogP contribution < -0.4 is 9.80 Å². The third kappa shape index (κ3) is 4.05. The Morgan fingerprint density at radius 3 is 2.55 bits per heavy atom. The number of ether oxygens (including phenoxy) is 1. The lowest BCUT2D eigenvalue weighted by atomic mass is 10.1. The van der Waals surface area contributed by atoms with Gasteiger partial charge in [0.05, 0.1) is 27.2 Å². The van der Waals surface area contributed by atoms with Crippen LogP contribution in [0.25, 0.3) is 0 Å². The molecule has 1 aromatic rings. The van der Waals surface area contributed by atoms with Gasteiger partial charge in [0.1, 0.15) is 12.6 Å². The molecule has 1 unspecified atom stereocenters. The van der Waals surface area contributed by atoms with E-state index in [1.165, 1.54) is 30.0 Å². The highest BCUT2D eigenvalue weighted by molar-refractivity contribution is 5.17. The molecule has 2 N–H and O–H groups in total. The molecule has 0 bridgehead atoms. The number of hydrogen-bond acceptors (Lipinski definition) is 1. The van der Waals surface area contributed by atoms with Crippen LogP contribution in [0.1, 0.15) is 31.9 Å². The van der Waals surface area contributed by atoms with E-state index < -0.39 is 0 Å². The molecule has 0 aromatic heterocycles. The Kier molecular flexibility index (Phi) is 5.58. The molecule has 0 spiro atoms. The van der Waals surface area contributed by atoms with Crippen molar-refractivity contribution in [3.05, 3.63) is 35.9 Å². The van der Waals surface area contributed by atoms with Crippen LogP contribution in [0.4, 0.5) is 0 Å². The average molecular weight is 278 g/mol. The van der Waals surface area contributed by atoms with E-state index in [1.807, 2.05) is 0 Å². The summed E-state index contributed by atoms with van der Waals surface area (Å²) in [6.07, 6.45) is 1.88. The van der Waals surface area contributed by atoms with Gasteiger partial charge in [0, 0.05) is 12.3 Å². The summed E-state index contributed by atoms with van der Waals surface area (Å²) in [5.41, 5.74) is 1.33. The minimum absolute atomic E-state index is 0.269. The Labute approximate surface area is 123 Å². The molecule has 3 heteroatoms. The first kappa shape index (κ1) is 15.5. The van der Waals surface area contributed by atoms with Gasteiger partial charge in [0.2, 0.25) is 0 Å². The van der Waals surface area contributed by atoms with Crippen LogP contribution in [0, 0.1) is 5.92 Å². The molecule has 3 atom stereocenters. The SMILES string of the molecule is CC(C)[C@@H]1O[C@@H](c2ccccc2)C[NH+]1CCC[NH+](C)C. The van der Waals surface area contributed by atoms with Gasteiger partial charge in [-0.15, -0.1) is 0 Å². The molecule has 3 nitrogen and oxygen atoms in total. The lowest BCUT2D eigenvalue weighted by Crippen LogP contribution is -3.15. The first-order valence-corrected chi connectivity index (χ1v) is 7.92. The molecule has 112 valence electrons. The van der Waals surface area contributed by atoms with E-state index in [2.05, 4.69) is 58.3 Å². The molecule has 2 rings (SSSR count). The number of benzene rings is 1. The first-order valence-electron chi connectivity index (χ1n) is 7.92. The van der Waals surface area contributed by atoms with Gasteiger partial charge in [-0.3, -0.25) is 0 Å². The standard InChI is InChI=1S/C17H28N2O/c1-14(2)17-19(12-8-11-18(3)4)13-16(20-17)15-9-6-5-7-10-15/h5-7,9-10,14,16-17H,8,11-13H2,1-4H3/p+2/t16-,17+/m1/s1. The van der Waals surface area contributed by atoms with E-state index in [0.29, 0.717) is 12.1 Å². The normalized spacial score (nSPS) is 26.6. The summed E-state index contributed by atoms with van der Waals surface area (Å²) in [6.45, 7) is 8.11. The Morgan fingerprint density at radius 2 is 1.95 bits per heavy atom. The van der Waals surface area contributed by atoms with Crippen LogP contribution >= 0.6 is 0 Å². The zero-order chi connectivity index (χ0) is 14.5. The first-order chi connectivity index (χ1) is 9.58. The van der Waals surface area contributed by atoms with Crippen molar-refractivity contribution in [2.45, 2.75) is 32.6 Å². The molecule has 1 heterocycles. The van der Waals surface area contributed by atoms with Gasteiger partial charge in [0.25, 0.3) is 0 Å². The zero-order valence-corrected chi connectivity index (χ0v) is 13.4. The van der Waals surface area contributed by atoms with Crippen molar-refractivity contribution in [3.63, 3.8) is 0 Å². The highest BCUT2D eigenvalue weighted by Crippen LogP contribution is 2.22. The van der Waals surface area contributed by atoms with Crippen LogP contribution in [0.15, 0.2) is 30.3 Å². The van der Waals surface area contributed by atoms with Gasteiger partial charge < -0.3 is 14.5 Å². The van der Waals surface area contributed by atoms with Crippen molar-refractivity contribution >= 4 is 0 Å². The molecule has 0 radical (unpaired) electrons. The summed E-state index contributed by atoms with van der Waals surface area (Å²) < 4.78 is 6.34. The van der Waals surface area contributed by atoms with E-state index >= 15 is 0 Å². The summed E-state index contributed by atoms with van der Waals surface area (Å²) in [4.78, 5) is 3.15. The van der Waals surface area contributed by atoms with Crippen LogP contribution in [0.3, 0.4) is 0 Å². The Hall–Kier alpha value is -0.900. The Balaban J connectivity index is 1.96. The summed E-state index contributed by atoms with van der Waals surface area (Å²) >= 11 is 0. The molecule has 1 aliphatic rings. The maximum atomic E-state index is 6.34. The molecule has 1 aromatic carbocycles. The van der Waals surface area contributed by atoms with Crippen molar-refractivity contribution in [1.82, 2.24) is 0 Å². The second kappa shape index (κ2) is 7.21. The van der Waals surface area contributed by atoms with Gasteiger partial charge in [-0.2, -0.15) is 0 Å². The predicted molar refractivity (Wildman–Crippen MR) is 81.9 cm³/mol.